The molecule has 0 aliphatic carbocycles. The van der Waals surface area contributed by atoms with Crippen molar-refractivity contribution in [2.24, 2.45) is 5.10 Å². The van der Waals surface area contributed by atoms with Crippen LogP contribution >= 0.6 is 0 Å². The van der Waals surface area contributed by atoms with Crippen LogP contribution in [0.5, 0.6) is 0 Å². The lowest BCUT2D eigenvalue weighted by atomic mass is 10.1. The molecule has 4 rings (SSSR count). The van der Waals surface area contributed by atoms with E-state index < -0.39 is 0 Å². The second-order valence-electron chi connectivity index (χ2n) is 5.73. The molecule has 0 aliphatic heterocycles. The molecule has 2 heterocycles. The fourth-order valence-corrected chi connectivity index (χ4v) is 2.52. The van der Waals surface area contributed by atoms with E-state index in [4.69, 9.17) is 15.3 Å². The van der Waals surface area contributed by atoms with Gasteiger partial charge in [0.25, 0.3) is 5.95 Å². The highest BCUT2D eigenvalue weighted by atomic mass is 16.3. The van der Waals surface area contributed by atoms with Crippen LogP contribution in [0.2, 0.25) is 0 Å². The monoisotopic (exact) mass is 406 g/mol. The lowest BCUT2D eigenvalue weighted by Crippen LogP contribution is -1.99. The highest BCUT2D eigenvalue weighted by Gasteiger charge is 2.04. The van der Waals surface area contributed by atoms with Crippen molar-refractivity contribution in [3.05, 3.63) is 78.7 Å². The Bertz CT molecular complexity index is 1080. The number of furan rings is 1. The van der Waals surface area contributed by atoms with Crippen LogP contribution in [0, 0.1) is 0 Å². The van der Waals surface area contributed by atoms with Gasteiger partial charge in [0.05, 0.1) is 18.1 Å². The molecule has 0 saturated carbocycles. The second-order valence-corrected chi connectivity index (χ2v) is 5.73. The van der Waals surface area contributed by atoms with Gasteiger partial charge in [-0.2, -0.15) is 10.2 Å². The Labute approximate surface area is 173 Å². The van der Waals surface area contributed by atoms with Gasteiger partial charge in [0, 0.05) is 23.9 Å². The normalized spacial score (nSPS) is 10.1. The Morgan fingerprint density at radius 3 is 2.53 bits per heavy atom. The molecule has 0 aliphatic rings. The van der Waals surface area contributed by atoms with Gasteiger partial charge in [0.1, 0.15) is 11.5 Å². The average molecular weight is 406 g/mol. The minimum Gasteiger partial charge on any atom is -0.455 e. The summed E-state index contributed by atoms with van der Waals surface area (Å²) in [5.41, 5.74) is 11.8. The predicted octanol–water partition coefficient (Wildman–Crippen LogP) is 2.61. The number of hydrogen-bond donors (Lipinski definition) is 3. The number of aliphatic hydroxyl groups is 1. The third-order valence-corrected chi connectivity index (χ3v) is 3.78. The minimum absolute atomic E-state index is 0. The number of benzene rings is 2. The maximum atomic E-state index is 7.00. The van der Waals surface area contributed by atoms with Crippen molar-refractivity contribution in [2.45, 2.75) is 0 Å². The van der Waals surface area contributed by atoms with Crippen molar-refractivity contribution in [3.63, 3.8) is 0 Å². The van der Waals surface area contributed by atoms with E-state index in [0.717, 1.165) is 18.2 Å². The van der Waals surface area contributed by atoms with Crippen LogP contribution in [0.15, 0.2) is 82.4 Å². The number of anilines is 2. The molecule has 9 nitrogen and oxygen atoms in total. The summed E-state index contributed by atoms with van der Waals surface area (Å²) in [5.74, 6) is 1.61. The summed E-state index contributed by atoms with van der Waals surface area (Å²) < 4.78 is 5.75. The Morgan fingerprint density at radius 2 is 1.77 bits per heavy atom. The number of nitrogens with zero attached hydrogens (tertiary/aromatic N) is 4. The van der Waals surface area contributed by atoms with Crippen molar-refractivity contribution in [3.8, 4) is 22.6 Å². The van der Waals surface area contributed by atoms with E-state index in [9.17, 15) is 0 Å². The number of nitrogen functional groups attached to an aromatic ring is 1. The quantitative estimate of drug-likeness (QED) is 0.261. The van der Waals surface area contributed by atoms with Gasteiger partial charge in [-0.05, 0) is 24.3 Å². The maximum Gasteiger partial charge on any atom is 0.263 e. The number of rotatable bonds is 5. The Balaban J connectivity index is 0.00000104. The van der Waals surface area contributed by atoms with Crippen molar-refractivity contribution < 1.29 is 15.0 Å². The predicted molar refractivity (Wildman–Crippen MR) is 117 cm³/mol. The zero-order valence-corrected chi connectivity index (χ0v) is 16.2. The molecule has 0 unspecified atom stereocenters. The van der Waals surface area contributed by atoms with Crippen molar-refractivity contribution >= 4 is 17.9 Å². The van der Waals surface area contributed by atoms with Crippen molar-refractivity contribution in [1.82, 2.24) is 15.2 Å². The molecule has 4 aromatic rings. The summed E-state index contributed by atoms with van der Waals surface area (Å²) in [5, 5.41) is 19.0. The third kappa shape index (κ3) is 5.71. The van der Waals surface area contributed by atoms with E-state index in [1.54, 1.807) is 12.4 Å². The summed E-state index contributed by atoms with van der Waals surface area (Å²) >= 11 is 0. The molecule has 0 saturated heterocycles. The first-order valence-corrected chi connectivity index (χ1v) is 8.73. The Morgan fingerprint density at radius 1 is 1.00 bits per heavy atom. The molecule has 0 atom stereocenters. The van der Waals surface area contributed by atoms with Gasteiger partial charge in [-0.25, -0.2) is 10.4 Å². The molecule has 154 valence electrons. The zero-order chi connectivity index (χ0) is 20.5. The first-order chi connectivity index (χ1) is 14.3. The van der Waals surface area contributed by atoms with Crippen LogP contribution in [0.3, 0.4) is 0 Å². The van der Waals surface area contributed by atoms with Gasteiger partial charge in [0.15, 0.2) is 0 Å². The highest BCUT2D eigenvalue weighted by molar-refractivity contribution is 5.78. The second kappa shape index (κ2) is 11.1. The first kappa shape index (κ1) is 22.2. The van der Waals surface area contributed by atoms with Gasteiger partial charge in [0.2, 0.25) is 0 Å². The molecular weight excluding hydrogens is 384 g/mol. The number of hydrogen-bond acceptors (Lipinski definition) is 8. The number of aliphatic hydroxyl groups excluding tert-OH is 1. The van der Waals surface area contributed by atoms with Crippen LogP contribution in [-0.2, 0) is 0 Å². The standard InChI is InChI=1S/C20H16N6O.CH4O.H2O/c21-16-8-4-7-15(11-16)19-10-9-17(27-19)12-22-25-20-24-18(13-23-26-20)14-5-2-1-3-6-14;1-2;/h1-13H,21H2,(H,24,25,26);2H,1H3;1H2/b22-12+;;. The molecule has 2 aromatic carbocycles. The number of hydrazone groups is 1. The fraction of sp³-hybridized carbons (Fsp3) is 0.0476. The molecule has 6 N–H and O–H groups in total. The maximum absolute atomic E-state index is 7.00. The van der Waals surface area contributed by atoms with E-state index in [0.29, 0.717) is 28.9 Å². The Hall–Kier alpha value is -4.08. The van der Waals surface area contributed by atoms with Crippen LogP contribution in [0.1, 0.15) is 5.76 Å². The molecule has 0 spiro atoms. The smallest absolute Gasteiger partial charge is 0.263 e. The molecule has 30 heavy (non-hydrogen) atoms. The van der Waals surface area contributed by atoms with E-state index >= 15 is 0 Å². The third-order valence-electron chi connectivity index (χ3n) is 3.78. The lowest BCUT2D eigenvalue weighted by Gasteiger charge is -2.01. The molecular formula is C21H22N6O3. The number of aromatic nitrogens is 3. The zero-order valence-electron chi connectivity index (χ0n) is 16.2. The lowest BCUT2D eigenvalue weighted by molar-refractivity contribution is 0.399. The van der Waals surface area contributed by atoms with E-state index in [2.05, 4.69) is 25.7 Å². The summed E-state index contributed by atoms with van der Waals surface area (Å²) in [4.78, 5) is 4.39. The number of nitrogens with one attached hydrogen (secondary N) is 1. The molecule has 2 aromatic heterocycles. The first-order valence-electron chi connectivity index (χ1n) is 8.73. The number of nitrogens with two attached hydrogens (primary N) is 1. The van der Waals surface area contributed by atoms with Gasteiger partial charge >= 0.3 is 0 Å². The largest absolute Gasteiger partial charge is 0.455 e. The Kier molecular flexibility index (Phi) is 8.18. The van der Waals surface area contributed by atoms with Gasteiger partial charge in [-0.15, -0.1) is 5.10 Å². The average Bonchev–Trinajstić information content (AvgIpc) is 3.25. The molecule has 0 bridgehead atoms. The van der Waals surface area contributed by atoms with E-state index in [1.165, 1.54) is 0 Å². The van der Waals surface area contributed by atoms with Gasteiger partial charge in [-0.3, -0.25) is 0 Å². The molecule has 9 heteroatoms. The summed E-state index contributed by atoms with van der Waals surface area (Å²) in [7, 11) is 1.00. The van der Waals surface area contributed by atoms with Crippen molar-refractivity contribution in [2.75, 3.05) is 18.3 Å². The van der Waals surface area contributed by atoms with Gasteiger partial charge < -0.3 is 20.7 Å². The van der Waals surface area contributed by atoms with Crippen LogP contribution in [0.4, 0.5) is 11.6 Å². The summed E-state index contributed by atoms with van der Waals surface area (Å²) in [6.07, 6.45) is 3.16. The molecule has 0 radical (unpaired) electrons. The van der Waals surface area contributed by atoms with Crippen LogP contribution in [-0.4, -0.2) is 39.1 Å². The van der Waals surface area contributed by atoms with Crippen LogP contribution < -0.4 is 11.2 Å². The topological polar surface area (TPSA) is 154 Å². The fourth-order valence-electron chi connectivity index (χ4n) is 2.52. The summed E-state index contributed by atoms with van der Waals surface area (Å²) in [6.45, 7) is 0. The SMILES string of the molecule is CO.Nc1cccc(-c2ccc(/C=N/Nc3nncc(-c4ccccc4)n3)o2)c1.O. The van der Waals surface area contributed by atoms with Gasteiger partial charge in [-0.1, -0.05) is 42.5 Å². The summed E-state index contributed by atoms with van der Waals surface area (Å²) in [6, 6.07) is 20.9. The molecule has 0 amide bonds. The highest BCUT2D eigenvalue weighted by Crippen LogP contribution is 2.23. The van der Waals surface area contributed by atoms with E-state index in [-0.39, 0.29) is 5.48 Å². The van der Waals surface area contributed by atoms with Crippen LogP contribution in [0.25, 0.3) is 22.6 Å². The van der Waals surface area contributed by atoms with Crippen molar-refractivity contribution in [1.29, 1.82) is 0 Å². The molecule has 0 fully saturated rings. The minimum atomic E-state index is 0. The van der Waals surface area contributed by atoms with E-state index in [1.807, 2.05) is 66.7 Å².